The summed E-state index contributed by atoms with van der Waals surface area (Å²) in [6.45, 7) is 1.85. The van der Waals surface area contributed by atoms with Gasteiger partial charge in [-0.2, -0.15) is 0 Å². The molecule has 0 saturated heterocycles. The van der Waals surface area contributed by atoms with Crippen molar-refractivity contribution < 1.29 is 14.3 Å². The lowest BCUT2D eigenvalue weighted by Gasteiger charge is -2.15. The lowest BCUT2D eigenvalue weighted by molar-refractivity contribution is -0.115. The van der Waals surface area contributed by atoms with Gasteiger partial charge in [-0.15, -0.1) is 0 Å². The fraction of sp³-hybridized carbons (Fsp3) is 0.200. The molecule has 0 spiro atoms. The number of hydrogen-bond acceptors (Lipinski definition) is 5. The Labute approximate surface area is 156 Å². The molecule has 1 heterocycles. The van der Waals surface area contributed by atoms with E-state index in [2.05, 4.69) is 10.3 Å². The monoisotopic (exact) mass is 368 g/mol. The SMILES string of the molecule is COc1ccc(OC)c(NC(=O)[C@H](C)Sc2ccc3ccccc3n2)c1. The van der Waals surface area contributed by atoms with Gasteiger partial charge in [0, 0.05) is 11.5 Å². The molecule has 5 nitrogen and oxygen atoms in total. The predicted molar refractivity (Wildman–Crippen MR) is 105 cm³/mol. The second-order valence-electron chi connectivity index (χ2n) is 5.66. The largest absolute Gasteiger partial charge is 0.497 e. The van der Waals surface area contributed by atoms with Crippen molar-refractivity contribution in [1.82, 2.24) is 4.98 Å². The number of carbonyl (C=O) groups excluding carboxylic acids is 1. The van der Waals surface area contributed by atoms with Crippen LogP contribution in [0.4, 0.5) is 5.69 Å². The first kappa shape index (κ1) is 18.1. The molecule has 0 aliphatic rings. The Kier molecular flexibility index (Phi) is 5.63. The maximum atomic E-state index is 12.6. The van der Waals surface area contributed by atoms with E-state index >= 15 is 0 Å². The zero-order valence-electron chi connectivity index (χ0n) is 14.9. The molecule has 0 bridgehead atoms. The summed E-state index contributed by atoms with van der Waals surface area (Å²) < 4.78 is 10.5. The van der Waals surface area contributed by atoms with Crippen LogP contribution in [0, 0.1) is 0 Å². The fourth-order valence-electron chi connectivity index (χ4n) is 2.49. The summed E-state index contributed by atoms with van der Waals surface area (Å²) in [5.74, 6) is 1.11. The first-order valence-corrected chi connectivity index (χ1v) is 9.04. The second kappa shape index (κ2) is 8.10. The van der Waals surface area contributed by atoms with E-state index in [4.69, 9.17) is 9.47 Å². The number of thioether (sulfide) groups is 1. The summed E-state index contributed by atoms with van der Waals surface area (Å²) in [5, 5.41) is 4.47. The van der Waals surface area contributed by atoms with Gasteiger partial charge in [-0.3, -0.25) is 4.79 Å². The molecule has 1 N–H and O–H groups in total. The van der Waals surface area contributed by atoms with Gasteiger partial charge in [-0.1, -0.05) is 36.0 Å². The molecule has 1 atom stereocenters. The van der Waals surface area contributed by atoms with Crippen LogP contribution < -0.4 is 14.8 Å². The minimum Gasteiger partial charge on any atom is -0.497 e. The quantitative estimate of drug-likeness (QED) is 0.655. The Balaban J connectivity index is 1.73. The predicted octanol–water partition coefficient (Wildman–Crippen LogP) is 4.37. The summed E-state index contributed by atoms with van der Waals surface area (Å²) in [6.07, 6.45) is 0. The van der Waals surface area contributed by atoms with Crippen LogP contribution in [-0.4, -0.2) is 30.4 Å². The van der Waals surface area contributed by atoms with Crippen molar-refractivity contribution in [3.8, 4) is 11.5 Å². The minimum atomic E-state index is -0.320. The first-order chi connectivity index (χ1) is 12.6. The third-order valence-electron chi connectivity index (χ3n) is 3.90. The lowest BCUT2D eigenvalue weighted by Crippen LogP contribution is -2.22. The average molecular weight is 368 g/mol. The summed E-state index contributed by atoms with van der Waals surface area (Å²) in [6, 6.07) is 17.1. The van der Waals surface area contributed by atoms with Crippen molar-refractivity contribution in [2.75, 3.05) is 19.5 Å². The number of hydrogen-bond donors (Lipinski definition) is 1. The normalized spacial score (nSPS) is 11.8. The minimum absolute atomic E-state index is 0.128. The topological polar surface area (TPSA) is 60.5 Å². The Morgan fingerprint density at radius 2 is 1.88 bits per heavy atom. The summed E-state index contributed by atoms with van der Waals surface area (Å²) in [4.78, 5) is 17.2. The molecule has 3 aromatic rings. The van der Waals surface area contributed by atoms with Crippen LogP contribution in [0.5, 0.6) is 11.5 Å². The van der Waals surface area contributed by atoms with Crippen LogP contribution in [0.3, 0.4) is 0 Å². The highest BCUT2D eigenvalue weighted by Gasteiger charge is 2.17. The summed E-state index contributed by atoms with van der Waals surface area (Å²) in [7, 11) is 3.14. The number of benzene rings is 2. The molecule has 0 fully saturated rings. The molecule has 2 aromatic carbocycles. The molecule has 0 aliphatic carbocycles. The number of ether oxygens (including phenoxy) is 2. The number of nitrogens with one attached hydrogen (secondary N) is 1. The molecule has 6 heteroatoms. The number of fused-ring (bicyclic) bond motifs is 1. The van der Waals surface area contributed by atoms with Gasteiger partial charge >= 0.3 is 0 Å². The third kappa shape index (κ3) is 4.08. The van der Waals surface area contributed by atoms with Gasteiger partial charge < -0.3 is 14.8 Å². The molecule has 3 rings (SSSR count). The molecule has 1 amide bonds. The fourth-order valence-corrected chi connectivity index (χ4v) is 3.32. The van der Waals surface area contributed by atoms with E-state index in [1.807, 2.05) is 43.3 Å². The number of nitrogens with zero attached hydrogens (tertiary/aromatic N) is 1. The van der Waals surface area contributed by atoms with E-state index in [1.165, 1.54) is 11.8 Å². The van der Waals surface area contributed by atoms with Gasteiger partial charge in [-0.05, 0) is 31.2 Å². The Morgan fingerprint density at radius 3 is 2.65 bits per heavy atom. The molecule has 0 aliphatic heterocycles. The third-order valence-corrected chi connectivity index (χ3v) is 4.94. The van der Waals surface area contributed by atoms with Crippen molar-refractivity contribution in [1.29, 1.82) is 0 Å². The van der Waals surface area contributed by atoms with E-state index in [9.17, 15) is 4.79 Å². The maximum absolute atomic E-state index is 12.6. The first-order valence-electron chi connectivity index (χ1n) is 8.16. The Morgan fingerprint density at radius 1 is 1.08 bits per heavy atom. The van der Waals surface area contributed by atoms with Crippen LogP contribution >= 0.6 is 11.8 Å². The molecule has 1 aromatic heterocycles. The Bertz CT molecular complexity index is 930. The Hall–Kier alpha value is -2.73. The number of methoxy groups -OCH3 is 2. The number of anilines is 1. The van der Waals surface area contributed by atoms with Crippen LogP contribution in [0.2, 0.25) is 0 Å². The number of pyridine rings is 1. The zero-order valence-corrected chi connectivity index (χ0v) is 15.7. The van der Waals surface area contributed by atoms with Crippen LogP contribution in [0.15, 0.2) is 59.6 Å². The standard InChI is InChI=1S/C20H20N2O3S/c1-13(26-19-11-8-14-6-4-5-7-16(14)21-19)20(23)22-17-12-15(24-2)9-10-18(17)25-3/h4-13H,1-3H3,(H,22,23)/t13-/m0/s1. The lowest BCUT2D eigenvalue weighted by atomic mass is 10.2. The highest BCUT2D eigenvalue weighted by molar-refractivity contribution is 8.00. The van der Waals surface area contributed by atoms with Gasteiger partial charge in [0.05, 0.1) is 35.7 Å². The van der Waals surface area contributed by atoms with Crippen molar-refractivity contribution in [3.63, 3.8) is 0 Å². The van der Waals surface area contributed by atoms with Crippen LogP contribution in [0.25, 0.3) is 10.9 Å². The maximum Gasteiger partial charge on any atom is 0.237 e. The zero-order chi connectivity index (χ0) is 18.5. The van der Waals surface area contributed by atoms with Crippen molar-refractivity contribution in [3.05, 3.63) is 54.6 Å². The van der Waals surface area contributed by atoms with E-state index in [-0.39, 0.29) is 11.2 Å². The van der Waals surface area contributed by atoms with Crippen molar-refractivity contribution in [2.45, 2.75) is 17.2 Å². The highest BCUT2D eigenvalue weighted by atomic mass is 32.2. The van der Waals surface area contributed by atoms with Crippen molar-refractivity contribution >= 4 is 34.3 Å². The molecule has 134 valence electrons. The molecule has 26 heavy (non-hydrogen) atoms. The van der Waals surface area contributed by atoms with E-state index < -0.39 is 0 Å². The van der Waals surface area contributed by atoms with E-state index in [0.717, 1.165) is 15.9 Å². The number of amides is 1. The molecular weight excluding hydrogens is 348 g/mol. The van der Waals surface area contributed by atoms with Gasteiger partial charge in [0.1, 0.15) is 11.5 Å². The number of rotatable bonds is 6. The van der Waals surface area contributed by atoms with Gasteiger partial charge in [0.2, 0.25) is 5.91 Å². The van der Waals surface area contributed by atoms with Crippen LogP contribution in [-0.2, 0) is 4.79 Å². The van der Waals surface area contributed by atoms with E-state index in [1.54, 1.807) is 32.4 Å². The van der Waals surface area contributed by atoms with Gasteiger partial charge in [0.25, 0.3) is 0 Å². The number of aromatic nitrogens is 1. The highest BCUT2D eigenvalue weighted by Crippen LogP contribution is 2.30. The average Bonchev–Trinajstić information content (AvgIpc) is 2.67. The molecule has 0 saturated carbocycles. The van der Waals surface area contributed by atoms with Gasteiger partial charge in [-0.25, -0.2) is 4.98 Å². The van der Waals surface area contributed by atoms with Crippen LogP contribution in [0.1, 0.15) is 6.92 Å². The summed E-state index contributed by atoms with van der Waals surface area (Å²) >= 11 is 1.41. The smallest absolute Gasteiger partial charge is 0.237 e. The second-order valence-corrected chi connectivity index (χ2v) is 7.02. The molecule has 0 radical (unpaired) electrons. The molecule has 0 unspecified atom stereocenters. The van der Waals surface area contributed by atoms with Gasteiger partial charge in [0.15, 0.2) is 0 Å². The van der Waals surface area contributed by atoms with Crippen molar-refractivity contribution in [2.24, 2.45) is 0 Å². The molecular formula is C20H20N2O3S. The summed E-state index contributed by atoms with van der Waals surface area (Å²) in [5.41, 5.74) is 1.50. The van der Waals surface area contributed by atoms with E-state index in [0.29, 0.717) is 17.2 Å². The number of carbonyl (C=O) groups is 1. The number of para-hydroxylation sites is 1.